The molecule has 1 aromatic heterocycles. The largest absolute Gasteiger partial charge is 0.454 e. The Morgan fingerprint density at radius 3 is 2.75 bits per heavy atom. The van der Waals surface area contributed by atoms with E-state index in [9.17, 15) is 4.79 Å². The average molecular weight is 377 g/mol. The zero-order chi connectivity index (χ0) is 19.3. The Kier molecular flexibility index (Phi) is 5.28. The topological polar surface area (TPSA) is 65.4 Å². The first-order chi connectivity index (χ1) is 13.7. The number of carbonyl (C=O) groups excluding carboxylic acids is 1. The number of ether oxygens (including phenoxy) is 2. The number of fused-ring (bicyclic) bond motifs is 1. The van der Waals surface area contributed by atoms with E-state index in [1.165, 1.54) is 0 Å². The third-order valence-corrected chi connectivity index (χ3v) is 4.88. The Hall–Kier alpha value is -3.28. The second-order valence-electron chi connectivity index (χ2n) is 6.90. The van der Waals surface area contributed by atoms with Gasteiger partial charge >= 0.3 is 0 Å². The van der Waals surface area contributed by atoms with Crippen LogP contribution in [0, 0.1) is 0 Å². The number of aromatic nitrogens is 2. The molecule has 2 heterocycles. The van der Waals surface area contributed by atoms with Crippen molar-refractivity contribution in [1.29, 1.82) is 0 Å². The Labute approximate surface area is 164 Å². The van der Waals surface area contributed by atoms with E-state index in [1.807, 2.05) is 55.8 Å². The SMILES string of the molecule is Cn1cc(CCNC(=O)CC(c2ccccc2)c2ccc3c(c2)OCO3)cn1. The Balaban J connectivity index is 1.45. The fraction of sp³-hybridized carbons (Fsp3) is 0.273. The molecular formula is C22H23N3O3. The standard InChI is InChI=1S/C22H23N3O3/c1-25-14-16(13-24-25)9-10-23-22(26)12-19(17-5-3-2-4-6-17)18-7-8-20-21(11-18)28-15-27-20/h2-8,11,13-14,19H,9-10,12,15H2,1H3,(H,23,26). The molecular weight excluding hydrogens is 354 g/mol. The summed E-state index contributed by atoms with van der Waals surface area (Å²) < 4.78 is 12.7. The van der Waals surface area contributed by atoms with Gasteiger partial charge in [-0.3, -0.25) is 9.48 Å². The van der Waals surface area contributed by atoms with Crippen LogP contribution in [0.15, 0.2) is 60.9 Å². The molecule has 0 radical (unpaired) electrons. The molecule has 0 saturated carbocycles. The second-order valence-corrected chi connectivity index (χ2v) is 6.90. The molecule has 28 heavy (non-hydrogen) atoms. The summed E-state index contributed by atoms with van der Waals surface area (Å²) in [7, 11) is 1.89. The molecule has 1 unspecified atom stereocenters. The summed E-state index contributed by atoms with van der Waals surface area (Å²) >= 11 is 0. The van der Waals surface area contributed by atoms with E-state index >= 15 is 0 Å². The number of rotatable bonds is 7. The van der Waals surface area contributed by atoms with Crippen molar-refractivity contribution in [3.8, 4) is 11.5 Å². The van der Waals surface area contributed by atoms with E-state index < -0.39 is 0 Å². The van der Waals surface area contributed by atoms with E-state index in [2.05, 4.69) is 22.5 Å². The van der Waals surface area contributed by atoms with Gasteiger partial charge in [0.25, 0.3) is 0 Å². The van der Waals surface area contributed by atoms with Crippen LogP contribution in [0.2, 0.25) is 0 Å². The van der Waals surface area contributed by atoms with Gasteiger partial charge in [-0.05, 0) is 35.2 Å². The number of carbonyl (C=O) groups is 1. The first-order valence-corrected chi connectivity index (χ1v) is 9.38. The Bertz CT molecular complexity index is 953. The molecule has 2 aromatic carbocycles. The van der Waals surface area contributed by atoms with Crippen LogP contribution in [0.3, 0.4) is 0 Å². The molecule has 3 aromatic rings. The van der Waals surface area contributed by atoms with Gasteiger partial charge in [0.1, 0.15) is 0 Å². The predicted octanol–water partition coefficient (Wildman–Crippen LogP) is 3.03. The van der Waals surface area contributed by atoms with Crippen LogP contribution in [0.1, 0.15) is 29.0 Å². The van der Waals surface area contributed by atoms with Crippen molar-refractivity contribution in [2.24, 2.45) is 7.05 Å². The number of hydrogen-bond donors (Lipinski definition) is 1. The third-order valence-electron chi connectivity index (χ3n) is 4.88. The van der Waals surface area contributed by atoms with Crippen LogP contribution in [-0.2, 0) is 18.3 Å². The fourth-order valence-corrected chi connectivity index (χ4v) is 3.45. The highest BCUT2D eigenvalue weighted by atomic mass is 16.7. The number of nitrogens with one attached hydrogen (secondary N) is 1. The number of nitrogens with zero attached hydrogens (tertiary/aromatic N) is 2. The Morgan fingerprint density at radius 2 is 1.96 bits per heavy atom. The molecule has 144 valence electrons. The molecule has 1 N–H and O–H groups in total. The van der Waals surface area contributed by atoms with Gasteiger partial charge in [0.2, 0.25) is 12.7 Å². The van der Waals surface area contributed by atoms with Crippen LogP contribution in [0.4, 0.5) is 0 Å². The molecule has 0 spiro atoms. The van der Waals surface area contributed by atoms with E-state index in [1.54, 1.807) is 4.68 Å². The summed E-state index contributed by atoms with van der Waals surface area (Å²) in [4.78, 5) is 12.6. The second kappa shape index (κ2) is 8.17. The summed E-state index contributed by atoms with van der Waals surface area (Å²) in [6, 6.07) is 16.0. The van der Waals surface area contributed by atoms with Gasteiger partial charge < -0.3 is 14.8 Å². The quantitative estimate of drug-likeness (QED) is 0.687. The number of aryl methyl sites for hydroxylation is 1. The predicted molar refractivity (Wildman–Crippen MR) is 105 cm³/mol. The average Bonchev–Trinajstić information content (AvgIpc) is 3.35. The van der Waals surface area contributed by atoms with Crippen LogP contribution in [0.5, 0.6) is 11.5 Å². The molecule has 0 fully saturated rings. The Morgan fingerprint density at radius 1 is 1.14 bits per heavy atom. The third kappa shape index (κ3) is 4.17. The van der Waals surface area contributed by atoms with Crippen molar-refractivity contribution >= 4 is 5.91 Å². The normalized spacial score (nSPS) is 13.3. The number of hydrogen-bond acceptors (Lipinski definition) is 4. The van der Waals surface area contributed by atoms with Crippen LogP contribution < -0.4 is 14.8 Å². The van der Waals surface area contributed by atoms with E-state index in [-0.39, 0.29) is 18.6 Å². The van der Waals surface area contributed by atoms with Gasteiger partial charge in [-0.25, -0.2) is 0 Å². The molecule has 6 heteroatoms. The lowest BCUT2D eigenvalue weighted by atomic mass is 9.88. The highest BCUT2D eigenvalue weighted by Crippen LogP contribution is 2.37. The summed E-state index contributed by atoms with van der Waals surface area (Å²) in [5.41, 5.74) is 3.25. The van der Waals surface area contributed by atoms with Crippen LogP contribution >= 0.6 is 0 Å². The molecule has 0 bridgehead atoms. The van der Waals surface area contributed by atoms with Gasteiger partial charge in [-0.1, -0.05) is 36.4 Å². The fourth-order valence-electron chi connectivity index (χ4n) is 3.45. The first-order valence-electron chi connectivity index (χ1n) is 9.38. The maximum absolute atomic E-state index is 12.6. The maximum Gasteiger partial charge on any atom is 0.231 e. The van der Waals surface area contributed by atoms with Crippen molar-refractivity contribution in [2.75, 3.05) is 13.3 Å². The summed E-state index contributed by atoms with van der Waals surface area (Å²) in [5, 5.41) is 7.18. The van der Waals surface area contributed by atoms with Gasteiger partial charge in [0.05, 0.1) is 6.20 Å². The molecule has 1 aliphatic rings. The lowest BCUT2D eigenvalue weighted by Gasteiger charge is -2.18. The van der Waals surface area contributed by atoms with Crippen molar-refractivity contribution in [3.63, 3.8) is 0 Å². The number of amides is 1. The molecule has 1 atom stereocenters. The van der Waals surface area contributed by atoms with E-state index in [0.717, 1.165) is 34.6 Å². The smallest absolute Gasteiger partial charge is 0.231 e. The summed E-state index contributed by atoms with van der Waals surface area (Å²) in [6.45, 7) is 0.830. The molecule has 6 nitrogen and oxygen atoms in total. The zero-order valence-electron chi connectivity index (χ0n) is 15.8. The summed E-state index contributed by atoms with van der Waals surface area (Å²) in [6.07, 6.45) is 4.92. The minimum Gasteiger partial charge on any atom is -0.454 e. The van der Waals surface area contributed by atoms with Crippen molar-refractivity contribution in [3.05, 3.63) is 77.6 Å². The van der Waals surface area contributed by atoms with Crippen molar-refractivity contribution in [1.82, 2.24) is 15.1 Å². The van der Waals surface area contributed by atoms with Crippen LogP contribution in [-0.4, -0.2) is 29.0 Å². The lowest BCUT2D eigenvalue weighted by molar-refractivity contribution is -0.121. The minimum absolute atomic E-state index is 0.0235. The molecule has 4 rings (SSSR count). The van der Waals surface area contributed by atoms with Gasteiger partial charge in [0.15, 0.2) is 11.5 Å². The monoisotopic (exact) mass is 377 g/mol. The van der Waals surface area contributed by atoms with E-state index in [4.69, 9.17) is 9.47 Å². The highest BCUT2D eigenvalue weighted by Gasteiger charge is 2.21. The molecule has 1 aliphatic heterocycles. The zero-order valence-corrected chi connectivity index (χ0v) is 15.8. The minimum atomic E-state index is -0.0471. The lowest BCUT2D eigenvalue weighted by Crippen LogP contribution is -2.27. The van der Waals surface area contributed by atoms with E-state index in [0.29, 0.717) is 13.0 Å². The molecule has 0 saturated heterocycles. The number of benzene rings is 2. The van der Waals surface area contributed by atoms with Crippen molar-refractivity contribution in [2.45, 2.75) is 18.8 Å². The van der Waals surface area contributed by atoms with Gasteiger partial charge in [0, 0.05) is 32.1 Å². The maximum atomic E-state index is 12.6. The summed E-state index contributed by atoms with van der Waals surface area (Å²) in [5.74, 6) is 1.46. The van der Waals surface area contributed by atoms with Gasteiger partial charge in [-0.2, -0.15) is 5.10 Å². The highest BCUT2D eigenvalue weighted by molar-refractivity contribution is 5.77. The van der Waals surface area contributed by atoms with Gasteiger partial charge in [-0.15, -0.1) is 0 Å². The van der Waals surface area contributed by atoms with Crippen molar-refractivity contribution < 1.29 is 14.3 Å². The van der Waals surface area contributed by atoms with Crippen LogP contribution in [0.25, 0.3) is 0 Å². The first kappa shape index (κ1) is 18.1. The molecule has 0 aliphatic carbocycles. The molecule has 1 amide bonds.